The first kappa shape index (κ1) is 13.8. The molecule has 2 nitrogen and oxygen atoms in total. The van der Waals surface area contributed by atoms with Crippen LogP contribution in [0.3, 0.4) is 0 Å². The van der Waals surface area contributed by atoms with Crippen molar-refractivity contribution in [1.29, 1.82) is 0 Å². The first-order chi connectivity index (χ1) is 9.83. The summed E-state index contributed by atoms with van der Waals surface area (Å²) in [5.41, 5.74) is 10.2. The molecule has 0 unspecified atom stereocenters. The molecule has 1 saturated carbocycles. The van der Waals surface area contributed by atoms with Crippen molar-refractivity contribution >= 4 is 5.57 Å². The van der Waals surface area contributed by atoms with Gasteiger partial charge in [0.25, 0.3) is 0 Å². The van der Waals surface area contributed by atoms with Gasteiger partial charge < -0.3 is 10.5 Å². The van der Waals surface area contributed by atoms with Crippen LogP contribution in [0.2, 0.25) is 0 Å². The summed E-state index contributed by atoms with van der Waals surface area (Å²) >= 11 is 0. The molecule has 2 aliphatic rings. The average Bonchev–Trinajstić information content (AvgIpc) is 2.92. The number of ether oxygens (including phenoxy) is 1. The highest BCUT2D eigenvalue weighted by molar-refractivity contribution is 5.66. The molecule has 0 bridgehead atoms. The molecule has 0 aromatic heterocycles. The number of benzene rings is 1. The van der Waals surface area contributed by atoms with Crippen molar-refractivity contribution in [2.24, 2.45) is 5.73 Å². The van der Waals surface area contributed by atoms with E-state index in [4.69, 9.17) is 10.5 Å². The number of nitrogens with two attached hydrogens (primary N) is 1. The fraction of sp³-hybridized carbons (Fsp3) is 0.556. The molecule has 3 rings (SSSR count). The molecule has 0 amide bonds. The van der Waals surface area contributed by atoms with Gasteiger partial charge in [-0.1, -0.05) is 30.3 Å². The van der Waals surface area contributed by atoms with Gasteiger partial charge in [0.05, 0.1) is 12.7 Å². The average molecular weight is 271 g/mol. The van der Waals surface area contributed by atoms with Gasteiger partial charge in [-0.2, -0.15) is 0 Å². The van der Waals surface area contributed by atoms with Gasteiger partial charge in [-0.25, -0.2) is 0 Å². The quantitative estimate of drug-likeness (QED) is 0.897. The molecule has 0 aliphatic heterocycles. The molecule has 108 valence electrons. The largest absolute Gasteiger partial charge is 0.372 e. The van der Waals surface area contributed by atoms with Crippen LogP contribution in [-0.4, -0.2) is 12.1 Å². The third-order valence-electron chi connectivity index (χ3n) is 4.58. The Labute approximate surface area is 122 Å². The van der Waals surface area contributed by atoms with Gasteiger partial charge in [0.1, 0.15) is 0 Å². The summed E-state index contributed by atoms with van der Waals surface area (Å²) in [7, 11) is 0. The minimum Gasteiger partial charge on any atom is -0.372 e. The number of hydrogen-bond acceptors (Lipinski definition) is 2. The van der Waals surface area contributed by atoms with Gasteiger partial charge in [-0.15, -0.1) is 0 Å². The lowest BCUT2D eigenvalue weighted by Crippen LogP contribution is -2.31. The second-order valence-corrected chi connectivity index (χ2v) is 6.12. The summed E-state index contributed by atoms with van der Waals surface area (Å²) in [5, 5.41) is 0. The molecular weight excluding hydrogens is 246 g/mol. The second kappa shape index (κ2) is 6.55. The summed E-state index contributed by atoms with van der Waals surface area (Å²) in [4.78, 5) is 0. The monoisotopic (exact) mass is 271 g/mol. The molecule has 1 fully saturated rings. The lowest BCUT2D eigenvalue weighted by Gasteiger charge is -2.17. The minimum absolute atomic E-state index is 0.238. The summed E-state index contributed by atoms with van der Waals surface area (Å²) in [5.74, 6) is 0. The lowest BCUT2D eigenvalue weighted by molar-refractivity contribution is 0.0357. The van der Waals surface area contributed by atoms with Crippen molar-refractivity contribution in [2.75, 3.05) is 0 Å². The number of hydrogen-bond donors (Lipinski definition) is 1. The molecule has 20 heavy (non-hydrogen) atoms. The van der Waals surface area contributed by atoms with E-state index >= 15 is 0 Å². The maximum Gasteiger partial charge on any atom is 0.0730 e. The van der Waals surface area contributed by atoms with Crippen LogP contribution in [0.25, 0.3) is 5.57 Å². The zero-order valence-corrected chi connectivity index (χ0v) is 12.2. The molecular formula is C18H25NO. The molecule has 0 radical (unpaired) electrons. The van der Waals surface area contributed by atoms with E-state index in [1.165, 1.54) is 48.8 Å². The maximum atomic E-state index is 6.03. The van der Waals surface area contributed by atoms with Crippen LogP contribution in [0, 0.1) is 0 Å². The highest BCUT2D eigenvalue weighted by atomic mass is 16.5. The standard InChI is InChI=1S/C18H25NO/c19-17-7-4-8-18(17)20-13-14-9-11-16(12-10-14)15-5-2-1-3-6-15/h5,9-12,17-18H,1-4,6-8,13,19H2/t17-,18-/m0/s1. The van der Waals surface area contributed by atoms with Crippen molar-refractivity contribution in [1.82, 2.24) is 0 Å². The van der Waals surface area contributed by atoms with E-state index in [2.05, 4.69) is 30.3 Å². The Hall–Kier alpha value is -1.12. The Morgan fingerprint density at radius 2 is 1.90 bits per heavy atom. The number of rotatable bonds is 4. The van der Waals surface area contributed by atoms with Crippen LogP contribution in [0.4, 0.5) is 0 Å². The Kier molecular flexibility index (Phi) is 4.54. The van der Waals surface area contributed by atoms with E-state index in [0.29, 0.717) is 6.61 Å². The summed E-state index contributed by atoms with van der Waals surface area (Å²) in [6.45, 7) is 0.692. The fourth-order valence-electron chi connectivity index (χ4n) is 3.28. The molecule has 2 atom stereocenters. The predicted octanol–water partition coefficient (Wildman–Crippen LogP) is 4.04. The van der Waals surface area contributed by atoms with Crippen LogP contribution in [0.1, 0.15) is 56.1 Å². The van der Waals surface area contributed by atoms with Crippen molar-refractivity contribution < 1.29 is 4.74 Å². The smallest absolute Gasteiger partial charge is 0.0730 e. The predicted molar refractivity (Wildman–Crippen MR) is 83.3 cm³/mol. The van der Waals surface area contributed by atoms with Gasteiger partial charge in [-0.05, 0) is 61.6 Å². The minimum atomic E-state index is 0.238. The summed E-state index contributed by atoms with van der Waals surface area (Å²) in [6.07, 6.45) is 11.2. The molecule has 2 aliphatic carbocycles. The molecule has 2 N–H and O–H groups in total. The Bertz CT molecular complexity index is 463. The second-order valence-electron chi connectivity index (χ2n) is 6.12. The first-order valence-electron chi connectivity index (χ1n) is 7.98. The van der Waals surface area contributed by atoms with Crippen LogP contribution in [-0.2, 0) is 11.3 Å². The number of allylic oxidation sites excluding steroid dienone is 2. The highest BCUT2D eigenvalue weighted by Gasteiger charge is 2.24. The van der Waals surface area contributed by atoms with Crippen LogP contribution in [0.15, 0.2) is 30.3 Å². The van der Waals surface area contributed by atoms with E-state index in [1.54, 1.807) is 0 Å². The third kappa shape index (κ3) is 3.31. The first-order valence-corrected chi connectivity index (χ1v) is 7.98. The summed E-state index contributed by atoms with van der Waals surface area (Å²) in [6, 6.07) is 9.12. The van der Waals surface area contributed by atoms with E-state index in [9.17, 15) is 0 Å². The van der Waals surface area contributed by atoms with Gasteiger partial charge in [0.15, 0.2) is 0 Å². The summed E-state index contributed by atoms with van der Waals surface area (Å²) < 4.78 is 5.95. The van der Waals surface area contributed by atoms with E-state index in [0.717, 1.165) is 12.8 Å². The van der Waals surface area contributed by atoms with Gasteiger partial charge in [-0.3, -0.25) is 0 Å². The van der Waals surface area contributed by atoms with Crippen molar-refractivity contribution in [3.05, 3.63) is 41.5 Å². The molecule has 1 aromatic carbocycles. The molecule has 1 aromatic rings. The van der Waals surface area contributed by atoms with Crippen LogP contribution >= 0.6 is 0 Å². The SMILES string of the molecule is N[C@H]1CCC[C@@H]1OCc1ccc(C2=CCCCC2)cc1. The van der Waals surface area contributed by atoms with Gasteiger partial charge in [0, 0.05) is 6.04 Å². The molecule has 0 spiro atoms. The van der Waals surface area contributed by atoms with Crippen molar-refractivity contribution in [3.8, 4) is 0 Å². The zero-order valence-electron chi connectivity index (χ0n) is 12.2. The van der Waals surface area contributed by atoms with Crippen molar-refractivity contribution in [3.63, 3.8) is 0 Å². The molecule has 0 saturated heterocycles. The third-order valence-corrected chi connectivity index (χ3v) is 4.58. The lowest BCUT2D eigenvalue weighted by atomic mass is 9.93. The van der Waals surface area contributed by atoms with Gasteiger partial charge in [0.2, 0.25) is 0 Å². The Morgan fingerprint density at radius 1 is 1.05 bits per heavy atom. The van der Waals surface area contributed by atoms with Crippen LogP contribution < -0.4 is 5.73 Å². The fourth-order valence-corrected chi connectivity index (χ4v) is 3.28. The Morgan fingerprint density at radius 3 is 2.55 bits per heavy atom. The topological polar surface area (TPSA) is 35.2 Å². The van der Waals surface area contributed by atoms with Crippen LogP contribution in [0.5, 0.6) is 0 Å². The normalized spacial score (nSPS) is 26.6. The Balaban J connectivity index is 1.57. The maximum absolute atomic E-state index is 6.03. The molecule has 2 heteroatoms. The highest BCUT2D eigenvalue weighted by Crippen LogP contribution is 2.27. The van der Waals surface area contributed by atoms with Gasteiger partial charge >= 0.3 is 0 Å². The van der Waals surface area contributed by atoms with E-state index < -0.39 is 0 Å². The molecule has 0 heterocycles. The zero-order chi connectivity index (χ0) is 13.8. The van der Waals surface area contributed by atoms with E-state index in [1.807, 2.05) is 0 Å². The van der Waals surface area contributed by atoms with Crippen molar-refractivity contribution in [2.45, 2.75) is 63.7 Å². The van der Waals surface area contributed by atoms with E-state index in [-0.39, 0.29) is 12.1 Å².